The van der Waals surface area contributed by atoms with E-state index in [1.165, 1.54) is 12.8 Å². The summed E-state index contributed by atoms with van der Waals surface area (Å²) in [6.07, 6.45) is 6.51. The van der Waals surface area contributed by atoms with Crippen LogP contribution in [0, 0.1) is 5.92 Å². The number of benzene rings is 1. The molecule has 3 aromatic heterocycles. The van der Waals surface area contributed by atoms with Crippen LogP contribution in [-0.2, 0) is 22.5 Å². The number of halogens is 1. The van der Waals surface area contributed by atoms with E-state index >= 15 is 0 Å². The van der Waals surface area contributed by atoms with E-state index in [1.54, 1.807) is 25.1 Å². The summed E-state index contributed by atoms with van der Waals surface area (Å²) in [5.74, 6) is 0.751. The molecule has 0 radical (unpaired) electrons. The summed E-state index contributed by atoms with van der Waals surface area (Å²) in [6, 6.07) is 9.01. The van der Waals surface area contributed by atoms with Gasteiger partial charge < -0.3 is 13.9 Å². The van der Waals surface area contributed by atoms with E-state index < -0.39 is 5.97 Å². The molecule has 8 nitrogen and oxygen atoms in total. The van der Waals surface area contributed by atoms with E-state index in [0.717, 1.165) is 15.8 Å². The second-order valence-corrected chi connectivity index (χ2v) is 8.58. The normalized spacial score (nSPS) is 13.5. The van der Waals surface area contributed by atoms with Crippen molar-refractivity contribution in [3.63, 3.8) is 0 Å². The maximum atomic E-state index is 12.8. The molecule has 1 aliphatic rings. The summed E-state index contributed by atoms with van der Waals surface area (Å²) >= 11 is 6.39. The Balaban J connectivity index is 1.49. The van der Waals surface area contributed by atoms with Crippen LogP contribution < -0.4 is 10.3 Å². The van der Waals surface area contributed by atoms with Gasteiger partial charge >= 0.3 is 5.97 Å². The topological polar surface area (TPSA) is 87.7 Å². The molecule has 3 heterocycles. The van der Waals surface area contributed by atoms with Crippen LogP contribution in [0.2, 0.25) is 5.02 Å². The molecule has 0 spiro atoms. The van der Waals surface area contributed by atoms with Gasteiger partial charge in [0, 0.05) is 24.1 Å². The number of imidazole rings is 1. The lowest BCUT2D eigenvalue weighted by Crippen LogP contribution is -2.29. The lowest BCUT2D eigenvalue weighted by molar-refractivity contribution is -0.144. The SMILES string of the molecule is CCOC(=O)Cn1nc(Cc2cn3cc(OCC4CC4)c(Cl)cc3n2)c2ccccc2c1=O. The third-order valence-electron chi connectivity index (χ3n) is 5.61. The van der Waals surface area contributed by atoms with Crippen molar-refractivity contribution in [2.75, 3.05) is 13.2 Å². The summed E-state index contributed by atoms with van der Waals surface area (Å²) < 4.78 is 13.9. The molecule has 5 rings (SSSR count). The molecule has 0 amide bonds. The van der Waals surface area contributed by atoms with Crippen LogP contribution in [0.3, 0.4) is 0 Å². The minimum atomic E-state index is -0.505. The third kappa shape index (κ3) is 4.57. The second kappa shape index (κ2) is 8.86. The first-order valence-electron chi connectivity index (χ1n) is 11.0. The van der Waals surface area contributed by atoms with Crippen LogP contribution in [0.5, 0.6) is 5.75 Å². The molecule has 33 heavy (non-hydrogen) atoms. The molecule has 1 fully saturated rings. The maximum absolute atomic E-state index is 12.8. The average Bonchev–Trinajstić information content (AvgIpc) is 3.55. The molecule has 9 heteroatoms. The Morgan fingerprint density at radius 1 is 1.21 bits per heavy atom. The summed E-state index contributed by atoms with van der Waals surface area (Å²) in [7, 11) is 0. The van der Waals surface area contributed by atoms with Crippen molar-refractivity contribution < 1.29 is 14.3 Å². The van der Waals surface area contributed by atoms with Gasteiger partial charge in [-0.2, -0.15) is 5.10 Å². The summed E-state index contributed by atoms with van der Waals surface area (Å²) in [5.41, 5.74) is 1.76. The van der Waals surface area contributed by atoms with Crippen molar-refractivity contribution in [1.29, 1.82) is 0 Å². The highest BCUT2D eigenvalue weighted by atomic mass is 35.5. The fourth-order valence-electron chi connectivity index (χ4n) is 3.77. The van der Waals surface area contributed by atoms with Gasteiger partial charge in [0.25, 0.3) is 5.56 Å². The standard InChI is InChI=1S/C24H23ClN4O4/c1-2-32-23(30)13-29-24(31)18-6-4-3-5-17(18)20(27-29)9-16-11-28-12-21(33-14-15-7-8-15)19(25)10-22(28)26-16/h3-6,10-12,15H,2,7-9,13-14H2,1H3. The molecule has 170 valence electrons. The van der Waals surface area contributed by atoms with Crippen LogP contribution in [0.15, 0.2) is 47.5 Å². The number of rotatable bonds is 8. The number of nitrogens with zero attached hydrogens (tertiary/aromatic N) is 4. The van der Waals surface area contributed by atoms with E-state index in [0.29, 0.717) is 46.4 Å². The van der Waals surface area contributed by atoms with Gasteiger partial charge in [-0.25, -0.2) is 9.67 Å². The number of carbonyl (C=O) groups is 1. The van der Waals surface area contributed by atoms with E-state index in [-0.39, 0.29) is 18.7 Å². The Kier molecular flexibility index (Phi) is 5.76. The first kappa shape index (κ1) is 21.5. The van der Waals surface area contributed by atoms with Gasteiger partial charge in [0.15, 0.2) is 5.75 Å². The predicted molar refractivity (Wildman–Crippen MR) is 124 cm³/mol. The van der Waals surface area contributed by atoms with E-state index in [1.807, 2.05) is 28.9 Å². The quantitative estimate of drug-likeness (QED) is 0.368. The second-order valence-electron chi connectivity index (χ2n) is 8.17. The summed E-state index contributed by atoms with van der Waals surface area (Å²) in [6.45, 7) is 2.39. The maximum Gasteiger partial charge on any atom is 0.327 e. The van der Waals surface area contributed by atoms with Gasteiger partial charge in [-0.3, -0.25) is 9.59 Å². The Labute approximate surface area is 194 Å². The molecule has 4 aromatic rings. The van der Waals surface area contributed by atoms with Crippen molar-refractivity contribution in [2.45, 2.75) is 32.7 Å². The van der Waals surface area contributed by atoms with Crippen LogP contribution in [0.4, 0.5) is 0 Å². The zero-order chi connectivity index (χ0) is 22.9. The van der Waals surface area contributed by atoms with Crippen LogP contribution in [0.25, 0.3) is 16.4 Å². The Hall–Kier alpha value is -3.39. The number of hydrogen-bond donors (Lipinski definition) is 0. The number of carbonyl (C=O) groups excluding carboxylic acids is 1. The molecule has 1 aromatic carbocycles. The number of aromatic nitrogens is 4. The minimum Gasteiger partial charge on any atom is -0.490 e. The molecule has 0 saturated heterocycles. The highest BCUT2D eigenvalue weighted by Gasteiger charge is 2.22. The lowest BCUT2D eigenvalue weighted by Gasteiger charge is -2.10. The van der Waals surface area contributed by atoms with Gasteiger partial charge in [0.2, 0.25) is 0 Å². The van der Waals surface area contributed by atoms with Crippen molar-refractivity contribution in [3.05, 3.63) is 69.5 Å². The van der Waals surface area contributed by atoms with Gasteiger partial charge in [0.05, 0.1) is 41.2 Å². The Bertz CT molecular complexity index is 1410. The number of pyridine rings is 1. The van der Waals surface area contributed by atoms with Gasteiger partial charge in [-0.15, -0.1) is 0 Å². The highest BCUT2D eigenvalue weighted by molar-refractivity contribution is 6.32. The van der Waals surface area contributed by atoms with Gasteiger partial charge in [0.1, 0.15) is 12.2 Å². The molecule has 0 aliphatic heterocycles. The van der Waals surface area contributed by atoms with Crippen molar-refractivity contribution in [1.82, 2.24) is 19.2 Å². The van der Waals surface area contributed by atoms with Crippen molar-refractivity contribution >= 4 is 34.0 Å². The largest absolute Gasteiger partial charge is 0.490 e. The fourth-order valence-corrected chi connectivity index (χ4v) is 3.97. The Morgan fingerprint density at radius 2 is 2.00 bits per heavy atom. The average molecular weight is 467 g/mol. The van der Waals surface area contributed by atoms with Crippen molar-refractivity contribution in [2.24, 2.45) is 5.92 Å². The van der Waals surface area contributed by atoms with Gasteiger partial charge in [-0.1, -0.05) is 29.8 Å². The lowest BCUT2D eigenvalue weighted by atomic mass is 10.1. The summed E-state index contributed by atoms with van der Waals surface area (Å²) in [5, 5.41) is 6.23. The van der Waals surface area contributed by atoms with Crippen LogP contribution >= 0.6 is 11.6 Å². The molecule has 0 atom stereocenters. The molecule has 1 saturated carbocycles. The first-order valence-corrected chi connectivity index (χ1v) is 11.3. The van der Waals surface area contributed by atoms with E-state index in [4.69, 9.17) is 21.1 Å². The summed E-state index contributed by atoms with van der Waals surface area (Å²) in [4.78, 5) is 29.5. The molecule has 0 N–H and O–H groups in total. The fraction of sp³-hybridized carbons (Fsp3) is 0.333. The zero-order valence-corrected chi connectivity index (χ0v) is 18.9. The monoisotopic (exact) mass is 466 g/mol. The highest BCUT2D eigenvalue weighted by Crippen LogP contribution is 2.32. The smallest absolute Gasteiger partial charge is 0.327 e. The van der Waals surface area contributed by atoms with Crippen molar-refractivity contribution in [3.8, 4) is 5.75 Å². The van der Waals surface area contributed by atoms with E-state index in [2.05, 4.69) is 10.1 Å². The van der Waals surface area contributed by atoms with Crippen LogP contribution in [-0.4, -0.2) is 38.3 Å². The minimum absolute atomic E-state index is 0.240. The van der Waals surface area contributed by atoms with Gasteiger partial charge in [-0.05, 0) is 31.7 Å². The number of ether oxygens (including phenoxy) is 2. The molecule has 0 bridgehead atoms. The van der Waals surface area contributed by atoms with E-state index in [9.17, 15) is 9.59 Å². The Morgan fingerprint density at radius 3 is 2.76 bits per heavy atom. The molecular weight excluding hydrogens is 444 g/mol. The zero-order valence-electron chi connectivity index (χ0n) is 18.2. The predicted octanol–water partition coefficient (Wildman–Crippen LogP) is 3.64. The molecule has 1 aliphatic carbocycles. The molecule has 0 unspecified atom stereocenters. The molecular formula is C24H23ClN4O4. The first-order chi connectivity index (χ1) is 16.0. The number of fused-ring (bicyclic) bond motifs is 2. The number of hydrogen-bond acceptors (Lipinski definition) is 6. The van der Waals surface area contributed by atoms with Crippen LogP contribution in [0.1, 0.15) is 31.2 Å². The number of esters is 1. The third-order valence-corrected chi connectivity index (χ3v) is 5.90.